The molecule has 1 unspecified atom stereocenters. The molecule has 0 heterocycles. The van der Waals surface area contributed by atoms with Crippen molar-refractivity contribution in [3.63, 3.8) is 0 Å². The lowest BCUT2D eigenvalue weighted by Crippen LogP contribution is -2.37. The number of hydrogen-bond donors (Lipinski definition) is 2. The Kier molecular flexibility index (Phi) is 4.97. The van der Waals surface area contributed by atoms with E-state index in [-0.39, 0.29) is 17.8 Å². The second kappa shape index (κ2) is 6.26. The van der Waals surface area contributed by atoms with Gasteiger partial charge in [0.1, 0.15) is 5.84 Å². The van der Waals surface area contributed by atoms with Crippen LogP contribution in [0.5, 0.6) is 0 Å². The number of carbonyl (C=O) groups is 1. The van der Waals surface area contributed by atoms with Crippen molar-refractivity contribution < 1.29 is 10.0 Å². The predicted octanol–water partition coefficient (Wildman–Crippen LogP) is 1.94. The van der Waals surface area contributed by atoms with Gasteiger partial charge in [-0.3, -0.25) is 4.79 Å². The second-order valence-electron chi connectivity index (χ2n) is 4.07. The molecule has 0 aliphatic carbocycles. The Bertz CT molecular complexity index is 445. The first-order valence-electron chi connectivity index (χ1n) is 5.44. The van der Waals surface area contributed by atoms with E-state index in [1.54, 1.807) is 36.2 Å². The number of nitrogens with two attached hydrogens (primary N) is 1. The number of benzene rings is 1. The van der Waals surface area contributed by atoms with E-state index in [0.29, 0.717) is 17.0 Å². The molecule has 0 aliphatic heterocycles. The van der Waals surface area contributed by atoms with Crippen LogP contribution in [0.15, 0.2) is 29.4 Å². The van der Waals surface area contributed by atoms with Crippen molar-refractivity contribution in [2.45, 2.75) is 19.4 Å². The normalized spacial score (nSPS) is 13.2. The number of carbonyl (C=O) groups excluding carboxylic acids is 1. The number of amidine groups is 1. The molecule has 0 aromatic heterocycles. The lowest BCUT2D eigenvalue weighted by atomic mass is 10.1. The molecule has 0 spiro atoms. The SMILES string of the molecule is CC(CC(N)=NO)N(C)C(=O)c1ccc(Cl)cc1. The highest BCUT2D eigenvalue weighted by molar-refractivity contribution is 6.30. The highest BCUT2D eigenvalue weighted by atomic mass is 35.5. The summed E-state index contributed by atoms with van der Waals surface area (Å²) in [6, 6.07) is 6.49. The van der Waals surface area contributed by atoms with Gasteiger partial charge in [0.2, 0.25) is 0 Å². The van der Waals surface area contributed by atoms with Crippen molar-refractivity contribution in [2.75, 3.05) is 7.05 Å². The number of halogens is 1. The molecule has 98 valence electrons. The Morgan fingerprint density at radius 3 is 2.56 bits per heavy atom. The molecule has 5 nitrogen and oxygen atoms in total. The minimum Gasteiger partial charge on any atom is -0.409 e. The summed E-state index contributed by atoms with van der Waals surface area (Å²) in [5.41, 5.74) is 5.96. The third-order valence-corrected chi connectivity index (χ3v) is 2.96. The van der Waals surface area contributed by atoms with Crippen LogP contribution in [0.25, 0.3) is 0 Å². The lowest BCUT2D eigenvalue weighted by Gasteiger charge is -2.24. The summed E-state index contributed by atoms with van der Waals surface area (Å²) in [7, 11) is 1.67. The minimum absolute atomic E-state index is 0.0956. The van der Waals surface area contributed by atoms with E-state index in [4.69, 9.17) is 22.5 Å². The average Bonchev–Trinajstić information content (AvgIpc) is 2.37. The molecule has 1 atom stereocenters. The van der Waals surface area contributed by atoms with E-state index in [0.717, 1.165) is 0 Å². The first-order valence-corrected chi connectivity index (χ1v) is 5.82. The van der Waals surface area contributed by atoms with Gasteiger partial charge in [-0.25, -0.2) is 0 Å². The Morgan fingerprint density at radius 2 is 2.06 bits per heavy atom. The fourth-order valence-corrected chi connectivity index (χ4v) is 1.60. The van der Waals surface area contributed by atoms with Crippen molar-refractivity contribution in [3.8, 4) is 0 Å². The Hall–Kier alpha value is -1.75. The zero-order valence-corrected chi connectivity index (χ0v) is 11.1. The highest BCUT2D eigenvalue weighted by Crippen LogP contribution is 2.13. The van der Waals surface area contributed by atoms with Crippen LogP contribution in [0, 0.1) is 0 Å². The van der Waals surface area contributed by atoms with E-state index in [1.807, 2.05) is 6.92 Å². The van der Waals surface area contributed by atoms with Crippen molar-refractivity contribution in [2.24, 2.45) is 10.9 Å². The number of oxime groups is 1. The van der Waals surface area contributed by atoms with E-state index < -0.39 is 0 Å². The largest absolute Gasteiger partial charge is 0.409 e. The lowest BCUT2D eigenvalue weighted by molar-refractivity contribution is 0.0747. The van der Waals surface area contributed by atoms with Crippen LogP contribution in [-0.2, 0) is 0 Å². The summed E-state index contributed by atoms with van der Waals surface area (Å²) in [5.74, 6) is -0.0387. The van der Waals surface area contributed by atoms with Crippen molar-refractivity contribution in [1.82, 2.24) is 4.90 Å². The average molecular weight is 270 g/mol. The molecule has 0 radical (unpaired) electrons. The molecule has 1 aromatic rings. The third-order valence-electron chi connectivity index (χ3n) is 2.71. The van der Waals surface area contributed by atoms with Gasteiger partial charge in [0.25, 0.3) is 5.91 Å². The first kappa shape index (κ1) is 14.3. The first-order chi connectivity index (χ1) is 8.45. The maximum Gasteiger partial charge on any atom is 0.253 e. The Balaban J connectivity index is 2.74. The Labute approximate surface area is 111 Å². The number of nitrogens with zero attached hydrogens (tertiary/aromatic N) is 2. The van der Waals surface area contributed by atoms with Crippen LogP contribution in [-0.4, -0.2) is 34.9 Å². The van der Waals surface area contributed by atoms with Crippen molar-refractivity contribution in [3.05, 3.63) is 34.9 Å². The van der Waals surface area contributed by atoms with E-state index in [2.05, 4.69) is 5.16 Å². The van der Waals surface area contributed by atoms with Gasteiger partial charge in [0, 0.05) is 30.1 Å². The smallest absolute Gasteiger partial charge is 0.253 e. The van der Waals surface area contributed by atoms with Crippen molar-refractivity contribution >= 4 is 23.3 Å². The van der Waals surface area contributed by atoms with Gasteiger partial charge < -0.3 is 15.8 Å². The molecule has 1 rings (SSSR count). The fraction of sp³-hybridized carbons (Fsp3) is 0.333. The maximum absolute atomic E-state index is 12.1. The standard InChI is InChI=1S/C12H16ClN3O2/c1-8(7-11(14)15-18)16(2)12(17)9-3-5-10(13)6-4-9/h3-6,8,18H,7H2,1-2H3,(H2,14,15). The van der Waals surface area contributed by atoms with E-state index >= 15 is 0 Å². The van der Waals surface area contributed by atoms with Gasteiger partial charge in [-0.15, -0.1) is 0 Å². The van der Waals surface area contributed by atoms with Gasteiger partial charge in [-0.05, 0) is 31.2 Å². The molecule has 0 aliphatic rings. The molecule has 6 heteroatoms. The summed E-state index contributed by atoms with van der Waals surface area (Å²) in [6.07, 6.45) is 0.312. The summed E-state index contributed by atoms with van der Waals surface area (Å²) in [5, 5.41) is 12.0. The molecular weight excluding hydrogens is 254 g/mol. The van der Waals surface area contributed by atoms with Crippen LogP contribution < -0.4 is 5.73 Å². The second-order valence-corrected chi connectivity index (χ2v) is 4.50. The highest BCUT2D eigenvalue weighted by Gasteiger charge is 2.18. The van der Waals surface area contributed by atoms with Gasteiger partial charge >= 0.3 is 0 Å². The van der Waals surface area contributed by atoms with Crippen LogP contribution in [0.3, 0.4) is 0 Å². The molecule has 0 saturated heterocycles. The molecule has 0 saturated carbocycles. The zero-order chi connectivity index (χ0) is 13.7. The summed E-state index contributed by atoms with van der Waals surface area (Å²) < 4.78 is 0. The van der Waals surface area contributed by atoms with Gasteiger partial charge in [0.05, 0.1) is 0 Å². The fourth-order valence-electron chi connectivity index (χ4n) is 1.48. The molecule has 1 aromatic carbocycles. The summed E-state index contributed by atoms with van der Waals surface area (Å²) >= 11 is 5.76. The zero-order valence-electron chi connectivity index (χ0n) is 10.3. The minimum atomic E-state index is -0.163. The van der Waals surface area contributed by atoms with Crippen molar-refractivity contribution in [1.29, 1.82) is 0 Å². The molecule has 18 heavy (non-hydrogen) atoms. The molecule has 0 fully saturated rings. The van der Waals surface area contributed by atoms with Gasteiger partial charge in [-0.2, -0.15) is 0 Å². The number of rotatable bonds is 4. The quantitative estimate of drug-likeness (QED) is 0.379. The molecule has 1 amide bonds. The van der Waals surface area contributed by atoms with Crippen LogP contribution in [0.1, 0.15) is 23.7 Å². The predicted molar refractivity (Wildman–Crippen MR) is 71.0 cm³/mol. The summed E-state index contributed by atoms with van der Waals surface area (Å²) in [6.45, 7) is 1.83. The van der Waals surface area contributed by atoms with E-state index in [1.165, 1.54) is 0 Å². The third kappa shape index (κ3) is 3.63. The number of hydrogen-bond acceptors (Lipinski definition) is 3. The topological polar surface area (TPSA) is 78.9 Å². The molecule has 3 N–H and O–H groups in total. The van der Waals surface area contributed by atoms with Crippen LogP contribution in [0.4, 0.5) is 0 Å². The molecular formula is C12H16ClN3O2. The van der Waals surface area contributed by atoms with Crippen LogP contribution >= 0.6 is 11.6 Å². The Morgan fingerprint density at radius 1 is 1.50 bits per heavy atom. The van der Waals surface area contributed by atoms with Gasteiger partial charge in [-0.1, -0.05) is 16.8 Å². The monoisotopic (exact) mass is 269 g/mol. The number of amides is 1. The molecule has 0 bridgehead atoms. The summed E-state index contributed by atoms with van der Waals surface area (Å²) in [4.78, 5) is 13.6. The van der Waals surface area contributed by atoms with Gasteiger partial charge in [0.15, 0.2) is 0 Å². The van der Waals surface area contributed by atoms with Crippen LogP contribution in [0.2, 0.25) is 5.02 Å². The van der Waals surface area contributed by atoms with E-state index in [9.17, 15) is 4.79 Å². The maximum atomic E-state index is 12.1.